The summed E-state index contributed by atoms with van der Waals surface area (Å²) in [6.45, 7) is 0.106. The van der Waals surface area contributed by atoms with E-state index in [0.29, 0.717) is 78.6 Å². The van der Waals surface area contributed by atoms with Gasteiger partial charge in [0.1, 0.15) is 46.3 Å². The normalized spacial score (nSPS) is 12.4. The van der Waals surface area contributed by atoms with Crippen LogP contribution in [0.5, 0.6) is 34.5 Å². The Bertz CT molecular complexity index is 3980. The molecule has 7 rings (SSSR count). The third-order valence-electron chi connectivity index (χ3n) is 10.0. The first-order valence-electron chi connectivity index (χ1n) is 20.8. The van der Waals surface area contributed by atoms with Crippen molar-refractivity contribution in [3.63, 3.8) is 0 Å². The highest BCUT2D eigenvalue weighted by Gasteiger charge is 2.26. The topological polar surface area (TPSA) is 437 Å². The van der Waals surface area contributed by atoms with Crippen molar-refractivity contribution < 1.29 is 94.9 Å². The van der Waals surface area contributed by atoms with Gasteiger partial charge >= 0.3 is 0 Å². The van der Waals surface area contributed by atoms with Gasteiger partial charge in [0.2, 0.25) is 11.2 Å². The highest BCUT2D eigenvalue weighted by atomic mass is 32.3. The van der Waals surface area contributed by atoms with E-state index in [1.165, 1.54) is 39.7 Å². The molecule has 34 heteroatoms. The molecule has 0 unspecified atom stereocenters. The van der Waals surface area contributed by atoms with E-state index in [1.807, 2.05) is 0 Å². The number of hydrogen-bond donors (Lipinski definition) is 0. The van der Waals surface area contributed by atoms with Gasteiger partial charge < -0.3 is 52.8 Å². The Morgan fingerprint density at radius 1 is 0.568 bits per heavy atom. The molecule has 3 heterocycles. The average Bonchev–Trinajstić information content (AvgIpc) is 3.74. The molecule has 0 amide bonds. The number of rotatable bonds is 24. The molecule has 0 saturated carbocycles. The lowest BCUT2D eigenvalue weighted by atomic mass is 10.1. The summed E-state index contributed by atoms with van der Waals surface area (Å²) in [4.78, 5) is 32.2. The lowest BCUT2D eigenvalue weighted by Crippen LogP contribution is -2.23. The zero-order chi connectivity index (χ0) is 53.8. The van der Waals surface area contributed by atoms with Crippen molar-refractivity contribution in [3.8, 4) is 57.2 Å². The van der Waals surface area contributed by atoms with Crippen LogP contribution in [0.2, 0.25) is 0 Å². The predicted molar refractivity (Wildman–Crippen MR) is 243 cm³/mol. The van der Waals surface area contributed by atoms with E-state index in [9.17, 15) is 74.4 Å². The van der Waals surface area contributed by atoms with Gasteiger partial charge in [-0.25, -0.2) is 47.1 Å². The third kappa shape index (κ3) is 14.9. The second-order valence-corrected chi connectivity index (χ2v) is 20.2. The summed E-state index contributed by atoms with van der Waals surface area (Å²) < 4.78 is 207. The Hall–Kier alpha value is -7.28. The average molecular weight is 1130 g/mol. The maximum atomic E-state index is 14.0. The van der Waals surface area contributed by atoms with Gasteiger partial charge in [0.25, 0.3) is 57.6 Å². The van der Waals surface area contributed by atoms with E-state index in [1.54, 1.807) is 24.3 Å². The molecule has 0 saturated heterocycles. The van der Waals surface area contributed by atoms with E-state index in [-0.39, 0.29) is 17.0 Å². The molecule has 0 fully saturated rings. The minimum atomic E-state index is -5.89. The molecule has 74 heavy (non-hydrogen) atoms. The Balaban J connectivity index is 1.03. The summed E-state index contributed by atoms with van der Waals surface area (Å²) in [6, 6.07) is 15.1. The van der Waals surface area contributed by atoms with Gasteiger partial charge in [-0.2, -0.15) is 0 Å². The van der Waals surface area contributed by atoms with Crippen molar-refractivity contribution in [2.45, 2.75) is 58.2 Å². The van der Waals surface area contributed by atoms with E-state index in [0.717, 1.165) is 25.7 Å². The zero-order valence-electron chi connectivity index (χ0n) is 37.0. The molecular weight excluding hydrogens is 1090 g/mol. The fourth-order valence-corrected chi connectivity index (χ4v) is 8.93. The summed E-state index contributed by atoms with van der Waals surface area (Å²) in [7, 11) is -27.9. The van der Waals surface area contributed by atoms with Gasteiger partial charge in [-0.15, -0.1) is 5.10 Å². The van der Waals surface area contributed by atoms with Gasteiger partial charge in [-0.1, -0.05) is 43.0 Å². The monoisotopic (exact) mass is 1130 g/mol. The van der Waals surface area contributed by atoms with Gasteiger partial charge in [0, 0.05) is 36.3 Å². The van der Waals surface area contributed by atoms with Gasteiger partial charge in [-0.05, 0) is 67.4 Å². The quantitative estimate of drug-likeness (QED) is 0.0475. The summed E-state index contributed by atoms with van der Waals surface area (Å²) in [5.41, 5.74) is -2.33. The molecule has 3 aromatic heterocycles. The predicted octanol–water partition coefficient (Wildman–Crippen LogP) is 2.24. The number of benzene rings is 4. The fourth-order valence-electron chi connectivity index (χ4n) is 7.18. The van der Waals surface area contributed by atoms with Gasteiger partial charge in [0.15, 0.2) is 17.3 Å². The van der Waals surface area contributed by atoms with Crippen LogP contribution in [-0.2, 0) is 71.7 Å². The van der Waals surface area contributed by atoms with Crippen LogP contribution in [0.3, 0.4) is 0 Å². The molecule has 4 aromatic carbocycles. The van der Waals surface area contributed by atoms with Crippen LogP contribution in [0.4, 0.5) is 0 Å². The van der Waals surface area contributed by atoms with Crippen LogP contribution >= 0.6 is 0 Å². The molecule has 0 radical (unpaired) electrons. The van der Waals surface area contributed by atoms with Crippen molar-refractivity contribution in [1.82, 2.24) is 24.5 Å². The molecule has 7 aromatic rings. The van der Waals surface area contributed by atoms with Gasteiger partial charge in [-0.3, -0.25) is 18.8 Å². The van der Waals surface area contributed by atoms with E-state index < -0.39 is 115 Å². The van der Waals surface area contributed by atoms with Crippen molar-refractivity contribution in [3.05, 3.63) is 111 Å². The lowest BCUT2D eigenvalue weighted by Gasteiger charge is -2.18. The van der Waals surface area contributed by atoms with Crippen LogP contribution < -0.4 is 36.6 Å². The number of unbranched alkanes of at least 4 members (excludes halogenated alkanes) is 5. The van der Waals surface area contributed by atoms with Crippen LogP contribution in [0.1, 0.15) is 44.2 Å². The standard InChI is InChI=1S/C40H37N5O24S5/c46-36-35-33(20-28(66-71(51,52)53)21-34(35)64-37(38(36)69-74(60,61)62)25-13-16-31(67-72(54,55)56)32(19-25)68-73(57,58)59)63-23-26-22-44(43-42-26)17-7-3-1-2-4-8-18-45-39(41-30-10-6-5-9-29(30)40(45)47)24-11-14-27(15-12-24)65-70(48,49)50/h5-6,9-16,19-22H,1-4,7-8,17-18,23H2,(H,48,49,50)(H,51,52,53)(H,54,55,56)(H,57,58,59)(H,60,61,62)/p-5. The van der Waals surface area contributed by atoms with Gasteiger partial charge in [0.05, 0.1) is 17.1 Å². The number of para-hydroxylation sites is 1. The first-order valence-corrected chi connectivity index (χ1v) is 27.4. The number of nitrogens with zero attached hydrogens (tertiary/aromatic N) is 5. The Kier molecular flexibility index (Phi) is 16.0. The Labute approximate surface area is 418 Å². The minimum Gasteiger partial charge on any atom is -0.716 e. The fraction of sp³-hybridized carbons (Fsp3) is 0.225. The second-order valence-electron chi connectivity index (χ2n) is 15.3. The van der Waals surface area contributed by atoms with Crippen LogP contribution in [0.15, 0.2) is 99.1 Å². The first-order chi connectivity index (χ1) is 34.6. The largest absolute Gasteiger partial charge is 0.716 e. The van der Waals surface area contributed by atoms with E-state index in [2.05, 4.69) is 36.2 Å². The maximum Gasteiger partial charge on any atom is 0.262 e. The summed E-state index contributed by atoms with van der Waals surface area (Å²) in [5.74, 6) is -6.58. The van der Waals surface area contributed by atoms with Crippen LogP contribution in [0.25, 0.3) is 44.6 Å². The van der Waals surface area contributed by atoms with Crippen molar-refractivity contribution in [2.24, 2.45) is 0 Å². The maximum absolute atomic E-state index is 14.0. The molecule has 0 N–H and O–H groups in total. The molecule has 396 valence electrons. The lowest BCUT2D eigenvalue weighted by molar-refractivity contribution is 0.302. The van der Waals surface area contributed by atoms with Crippen molar-refractivity contribution in [1.29, 1.82) is 0 Å². The Morgan fingerprint density at radius 2 is 1.15 bits per heavy atom. The first kappa shape index (κ1) is 54.5. The number of fused-ring (bicyclic) bond motifs is 2. The highest BCUT2D eigenvalue weighted by Crippen LogP contribution is 2.41. The summed E-state index contributed by atoms with van der Waals surface area (Å²) in [5, 5.41) is 7.62. The zero-order valence-corrected chi connectivity index (χ0v) is 41.1. The molecule has 0 atom stereocenters. The van der Waals surface area contributed by atoms with Crippen LogP contribution in [0, 0.1) is 0 Å². The Morgan fingerprint density at radius 3 is 1.80 bits per heavy atom. The highest BCUT2D eigenvalue weighted by molar-refractivity contribution is 7.82. The SMILES string of the molecule is O=c1c(OS(=O)(=O)[O-])c(-c2ccc(OS(=O)(=O)[O-])c(OS(=O)(=O)[O-])c2)oc2cc(OS(=O)(=O)[O-])cc(OCc3cn(CCCCCCCCn4c(-c5ccc(OS(=O)(=O)[O-])cc5)nc5ccccc5c4=O)nn3)c12. The van der Waals surface area contributed by atoms with E-state index >= 15 is 0 Å². The van der Waals surface area contributed by atoms with E-state index in [4.69, 9.17) is 9.15 Å². The molecule has 0 aliphatic carbocycles. The molecule has 0 aliphatic rings. The molecule has 0 spiro atoms. The van der Waals surface area contributed by atoms with Crippen molar-refractivity contribution >= 4 is 73.9 Å². The summed E-state index contributed by atoms with van der Waals surface area (Å²) in [6.07, 6.45) is 5.67. The number of ether oxygens (including phenoxy) is 1. The smallest absolute Gasteiger partial charge is 0.262 e. The summed E-state index contributed by atoms with van der Waals surface area (Å²) >= 11 is 0. The molecule has 0 bridgehead atoms. The third-order valence-corrected chi connectivity index (χ3v) is 11.9. The number of hydrogen-bond acceptors (Lipinski definition) is 27. The number of aromatic nitrogens is 5. The number of aryl methyl sites for hydroxylation is 1. The minimum absolute atomic E-state index is 0.0984. The second kappa shape index (κ2) is 21.7. The molecule has 29 nitrogen and oxygen atoms in total. The molecular formula is C40H32N5O24S5-5. The van der Waals surface area contributed by atoms with Crippen molar-refractivity contribution in [2.75, 3.05) is 0 Å². The molecule has 0 aliphatic heterocycles. The van der Waals surface area contributed by atoms with Crippen LogP contribution in [-0.4, -0.2) is 89.4 Å².